The van der Waals surface area contributed by atoms with E-state index in [1.54, 1.807) is 0 Å². The van der Waals surface area contributed by atoms with E-state index in [1.807, 2.05) is 12.1 Å². The van der Waals surface area contributed by atoms with Crippen molar-refractivity contribution >= 4 is 10.9 Å². The number of aliphatic hydroxyl groups excluding tert-OH is 1. The third-order valence-corrected chi connectivity index (χ3v) is 9.22. The van der Waals surface area contributed by atoms with E-state index in [0.29, 0.717) is 6.04 Å². The Labute approximate surface area is 182 Å². The van der Waals surface area contributed by atoms with Crippen molar-refractivity contribution in [3.63, 3.8) is 0 Å². The minimum Gasteiger partial charge on any atom is -0.483 e. The lowest BCUT2D eigenvalue weighted by atomic mass is 9.44. The number of hydrogen-bond acceptors (Lipinski definition) is 4. The average Bonchev–Trinajstić information content (AvgIpc) is 3.12. The number of fused-ring (bicyclic) bond motifs is 3. The molecule has 3 aromatic rings. The van der Waals surface area contributed by atoms with E-state index < -0.39 is 0 Å². The van der Waals surface area contributed by atoms with Crippen molar-refractivity contribution in [3.05, 3.63) is 69.9 Å². The molecule has 4 nitrogen and oxygen atoms in total. The molecule has 1 saturated heterocycles. The zero-order chi connectivity index (χ0) is 21.1. The maximum Gasteiger partial charge on any atom is 0.151 e. The number of rotatable bonds is 1. The van der Waals surface area contributed by atoms with Gasteiger partial charge in [-0.1, -0.05) is 37.3 Å². The molecule has 0 amide bonds. The summed E-state index contributed by atoms with van der Waals surface area (Å²) in [5.74, 6) is 1.10. The van der Waals surface area contributed by atoms with Gasteiger partial charge in [-0.25, -0.2) is 4.98 Å². The van der Waals surface area contributed by atoms with Gasteiger partial charge in [-0.3, -0.25) is 0 Å². The molecule has 2 bridgehead atoms. The molecule has 4 heteroatoms. The van der Waals surface area contributed by atoms with Crippen LogP contribution in [-0.4, -0.2) is 34.6 Å². The summed E-state index contributed by atoms with van der Waals surface area (Å²) < 4.78 is 6.92. The highest BCUT2D eigenvalue weighted by Gasteiger charge is 2.70. The van der Waals surface area contributed by atoms with Crippen molar-refractivity contribution < 1.29 is 9.84 Å². The van der Waals surface area contributed by atoms with Gasteiger partial charge in [-0.2, -0.15) is 0 Å². The third-order valence-electron chi connectivity index (χ3n) is 9.22. The Hall–Kier alpha value is -2.43. The summed E-state index contributed by atoms with van der Waals surface area (Å²) in [6.45, 7) is 5.79. The molecule has 3 heterocycles. The van der Waals surface area contributed by atoms with Crippen molar-refractivity contribution in [1.29, 1.82) is 0 Å². The number of piperidine rings is 1. The smallest absolute Gasteiger partial charge is 0.151 e. The lowest BCUT2D eigenvalue weighted by Crippen LogP contribution is -2.68. The average molecular weight is 413 g/mol. The Balaban J connectivity index is 1.61. The molecule has 2 aliphatic carbocycles. The standard InChI is InChI=1S/C27H28N2O2/c1-15-8-9-16-12-21-26(2)13-18-19(14-30)17-6-4-5-7-20(17)28-23(18)25-27(26,10-11-29(21)3)22(16)24(15)31-25/h4-9,21,25,30H,10-14H2,1-3H3/t21-,25+,26+,27+/m1/s1. The normalized spacial score (nSPS) is 32.5. The van der Waals surface area contributed by atoms with Gasteiger partial charge in [-0.05, 0) is 68.1 Å². The van der Waals surface area contributed by atoms with Crippen LogP contribution < -0.4 is 4.74 Å². The van der Waals surface area contributed by atoms with E-state index in [1.165, 1.54) is 22.3 Å². The molecule has 158 valence electrons. The Bertz CT molecular complexity index is 1280. The molecular formula is C27H28N2O2. The molecular weight excluding hydrogens is 384 g/mol. The minimum atomic E-state index is -0.0810. The van der Waals surface area contributed by atoms with Crippen LogP contribution in [-0.2, 0) is 24.9 Å². The second kappa shape index (κ2) is 5.67. The molecule has 1 N–H and O–H groups in total. The SMILES string of the molecule is Cc1ccc2c3c1O[C@H]1c4nc5ccccc5c(CO)c4C[C@@]4(C)[C@@H](C2)N(C)CC[C@]314. The van der Waals surface area contributed by atoms with Crippen LogP contribution in [0.4, 0.5) is 0 Å². The minimum absolute atomic E-state index is 0.0395. The number of nitrogens with zero attached hydrogens (tertiary/aromatic N) is 2. The maximum absolute atomic E-state index is 10.5. The number of aliphatic hydroxyl groups is 1. The number of benzene rings is 2. The molecule has 0 unspecified atom stereocenters. The molecule has 2 aliphatic heterocycles. The first-order chi connectivity index (χ1) is 15.0. The van der Waals surface area contributed by atoms with Crippen molar-refractivity contribution in [2.24, 2.45) is 5.41 Å². The van der Waals surface area contributed by atoms with Crippen LogP contribution in [0.25, 0.3) is 10.9 Å². The van der Waals surface area contributed by atoms with Crippen LogP contribution in [0.1, 0.15) is 53.0 Å². The van der Waals surface area contributed by atoms with Gasteiger partial charge < -0.3 is 14.7 Å². The van der Waals surface area contributed by atoms with Gasteiger partial charge in [-0.15, -0.1) is 0 Å². The second-order valence-electron chi connectivity index (χ2n) is 10.4. The summed E-state index contributed by atoms with van der Waals surface area (Å²) in [6, 6.07) is 13.3. The largest absolute Gasteiger partial charge is 0.483 e. The quantitative estimate of drug-likeness (QED) is 0.650. The summed E-state index contributed by atoms with van der Waals surface area (Å²) in [6.07, 6.45) is 3.02. The van der Waals surface area contributed by atoms with Gasteiger partial charge in [0, 0.05) is 22.4 Å². The summed E-state index contributed by atoms with van der Waals surface area (Å²) in [5.41, 5.74) is 8.44. The highest BCUT2D eigenvalue weighted by Crippen LogP contribution is 2.71. The predicted octanol–water partition coefficient (Wildman–Crippen LogP) is 4.23. The summed E-state index contributed by atoms with van der Waals surface area (Å²) >= 11 is 0. The number of hydrogen-bond donors (Lipinski definition) is 1. The van der Waals surface area contributed by atoms with Crippen LogP contribution in [0.3, 0.4) is 0 Å². The molecule has 1 aromatic heterocycles. The number of aryl methyl sites for hydroxylation is 1. The van der Waals surface area contributed by atoms with E-state index in [-0.39, 0.29) is 23.5 Å². The van der Waals surface area contributed by atoms with Crippen LogP contribution in [0, 0.1) is 12.3 Å². The highest BCUT2D eigenvalue weighted by atomic mass is 16.5. The van der Waals surface area contributed by atoms with Crippen molar-refractivity contribution in [2.45, 2.75) is 57.3 Å². The molecule has 0 saturated carbocycles. The maximum atomic E-state index is 10.5. The van der Waals surface area contributed by atoms with Crippen LogP contribution in [0.15, 0.2) is 36.4 Å². The Morgan fingerprint density at radius 3 is 2.90 bits per heavy atom. The van der Waals surface area contributed by atoms with Gasteiger partial charge in [0.2, 0.25) is 0 Å². The van der Waals surface area contributed by atoms with Gasteiger partial charge in [0.15, 0.2) is 6.10 Å². The lowest BCUT2D eigenvalue weighted by molar-refractivity contribution is -0.0912. The Morgan fingerprint density at radius 2 is 2.06 bits per heavy atom. The Kier molecular flexibility index (Phi) is 3.33. The fourth-order valence-electron chi connectivity index (χ4n) is 7.76. The monoisotopic (exact) mass is 412 g/mol. The zero-order valence-electron chi connectivity index (χ0n) is 18.4. The molecule has 7 rings (SSSR count). The van der Waals surface area contributed by atoms with Crippen LogP contribution in [0.2, 0.25) is 0 Å². The van der Waals surface area contributed by atoms with E-state index in [9.17, 15) is 5.11 Å². The third kappa shape index (κ3) is 1.89. The number of ether oxygens (including phenoxy) is 1. The molecule has 4 atom stereocenters. The van der Waals surface area contributed by atoms with Gasteiger partial charge in [0.05, 0.1) is 23.2 Å². The fraction of sp³-hybridized carbons (Fsp3) is 0.444. The Morgan fingerprint density at radius 1 is 1.23 bits per heavy atom. The van der Waals surface area contributed by atoms with Crippen molar-refractivity contribution in [2.75, 3.05) is 13.6 Å². The number of aromatic nitrogens is 1. The van der Waals surface area contributed by atoms with Crippen LogP contribution in [0.5, 0.6) is 5.75 Å². The first-order valence-corrected chi connectivity index (χ1v) is 11.5. The van der Waals surface area contributed by atoms with Gasteiger partial charge in [0.1, 0.15) is 5.75 Å². The molecule has 4 aliphatic rings. The molecule has 1 spiro atoms. The first kappa shape index (κ1) is 18.2. The van der Waals surface area contributed by atoms with E-state index >= 15 is 0 Å². The van der Waals surface area contributed by atoms with Gasteiger partial charge in [0.25, 0.3) is 0 Å². The molecule has 2 aromatic carbocycles. The summed E-state index contributed by atoms with van der Waals surface area (Å²) in [4.78, 5) is 7.78. The molecule has 1 fully saturated rings. The first-order valence-electron chi connectivity index (χ1n) is 11.5. The predicted molar refractivity (Wildman–Crippen MR) is 120 cm³/mol. The fourth-order valence-corrected chi connectivity index (χ4v) is 7.76. The van der Waals surface area contributed by atoms with Crippen molar-refractivity contribution in [1.82, 2.24) is 9.88 Å². The lowest BCUT2D eigenvalue weighted by Gasteiger charge is -2.64. The number of para-hydroxylation sites is 1. The topological polar surface area (TPSA) is 45.6 Å². The van der Waals surface area contributed by atoms with E-state index in [4.69, 9.17) is 9.72 Å². The van der Waals surface area contributed by atoms with Gasteiger partial charge >= 0.3 is 0 Å². The highest BCUT2D eigenvalue weighted by molar-refractivity contribution is 5.84. The van der Waals surface area contributed by atoms with Crippen molar-refractivity contribution in [3.8, 4) is 5.75 Å². The summed E-state index contributed by atoms with van der Waals surface area (Å²) in [5, 5.41) is 11.6. The number of likely N-dealkylation sites (tertiary alicyclic amines) is 1. The van der Waals surface area contributed by atoms with E-state index in [2.05, 4.69) is 50.1 Å². The van der Waals surface area contributed by atoms with E-state index in [0.717, 1.165) is 53.7 Å². The molecule has 0 radical (unpaired) electrons. The zero-order valence-corrected chi connectivity index (χ0v) is 18.4. The second-order valence-corrected chi connectivity index (χ2v) is 10.4. The molecule has 31 heavy (non-hydrogen) atoms. The van der Waals surface area contributed by atoms with Crippen LogP contribution >= 0.6 is 0 Å². The summed E-state index contributed by atoms with van der Waals surface area (Å²) in [7, 11) is 2.29. The number of likely N-dealkylation sites (N-methyl/N-ethyl adjacent to an activating group) is 1. The number of pyridine rings is 1.